The molecule has 1 aliphatic rings. The molecule has 0 fully saturated rings. The lowest BCUT2D eigenvalue weighted by molar-refractivity contribution is 0.0952. The Hall–Kier alpha value is -4.66. The van der Waals surface area contributed by atoms with Crippen LogP contribution in [-0.4, -0.2) is 38.9 Å². The SMILES string of the molecule is O=C(NCc1ccc2c(c1)OCCCO2)c1cc(-c2cccnc2)nc2c1cnn2Cc1ccco1. The Bertz CT molecular complexity index is 1510. The number of fused-ring (bicyclic) bond motifs is 2. The predicted octanol–water partition coefficient (Wildman–Crippen LogP) is 4.23. The normalized spacial score (nSPS) is 12.9. The molecule has 1 amide bonds. The van der Waals surface area contributed by atoms with E-state index in [4.69, 9.17) is 18.9 Å². The summed E-state index contributed by atoms with van der Waals surface area (Å²) in [4.78, 5) is 22.4. The van der Waals surface area contributed by atoms with Gasteiger partial charge in [-0.15, -0.1) is 0 Å². The molecule has 0 saturated heterocycles. The zero-order valence-corrected chi connectivity index (χ0v) is 19.4. The molecule has 0 spiro atoms. The van der Waals surface area contributed by atoms with Crippen LogP contribution in [0.1, 0.15) is 28.1 Å². The molecule has 9 heteroatoms. The van der Waals surface area contributed by atoms with Crippen LogP contribution in [0, 0.1) is 0 Å². The van der Waals surface area contributed by atoms with Crippen molar-refractivity contribution in [2.24, 2.45) is 0 Å². The van der Waals surface area contributed by atoms with Gasteiger partial charge in [0.1, 0.15) is 12.3 Å². The quantitative estimate of drug-likeness (QED) is 0.387. The van der Waals surface area contributed by atoms with Crippen molar-refractivity contribution < 1.29 is 18.7 Å². The Morgan fingerprint density at radius 3 is 2.78 bits per heavy atom. The van der Waals surface area contributed by atoms with E-state index in [0.717, 1.165) is 29.1 Å². The third kappa shape index (κ3) is 4.38. The standard InChI is InChI=1S/C27H23N5O4/c33-27(29-14-18-6-7-24-25(12-18)36-11-3-10-35-24)21-13-23(19-4-1-8-28-15-19)31-26-22(21)16-30-32(26)17-20-5-2-9-34-20/h1-2,4-9,12-13,15-16H,3,10-11,14,17H2,(H,29,33). The van der Waals surface area contributed by atoms with Gasteiger partial charge in [0.2, 0.25) is 0 Å². The van der Waals surface area contributed by atoms with Gasteiger partial charge < -0.3 is 19.2 Å². The van der Waals surface area contributed by atoms with Crippen molar-refractivity contribution in [3.05, 3.63) is 90.3 Å². The summed E-state index contributed by atoms with van der Waals surface area (Å²) in [6, 6.07) is 15.0. The summed E-state index contributed by atoms with van der Waals surface area (Å²) < 4.78 is 18.7. The number of furan rings is 1. The van der Waals surface area contributed by atoms with Crippen LogP contribution in [0.15, 0.2) is 77.8 Å². The second kappa shape index (κ2) is 9.53. The molecular weight excluding hydrogens is 458 g/mol. The summed E-state index contributed by atoms with van der Waals surface area (Å²) >= 11 is 0. The largest absolute Gasteiger partial charge is 0.490 e. The second-order valence-electron chi connectivity index (χ2n) is 8.43. The molecule has 0 unspecified atom stereocenters. The number of carbonyl (C=O) groups is 1. The number of aromatic nitrogens is 4. The van der Waals surface area contributed by atoms with E-state index in [-0.39, 0.29) is 5.91 Å². The average molecular weight is 482 g/mol. The third-order valence-corrected chi connectivity index (χ3v) is 5.96. The average Bonchev–Trinajstić information content (AvgIpc) is 3.52. The van der Waals surface area contributed by atoms with E-state index in [2.05, 4.69) is 15.4 Å². The highest BCUT2D eigenvalue weighted by atomic mass is 16.5. The van der Waals surface area contributed by atoms with E-state index in [1.54, 1.807) is 35.6 Å². The third-order valence-electron chi connectivity index (χ3n) is 5.96. The predicted molar refractivity (Wildman–Crippen MR) is 132 cm³/mol. The first-order chi connectivity index (χ1) is 17.7. The Morgan fingerprint density at radius 2 is 1.94 bits per heavy atom. The highest BCUT2D eigenvalue weighted by molar-refractivity contribution is 6.06. The van der Waals surface area contributed by atoms with E-state index < -0.39 is 0 Å². The van der Waals surface area contributed by atoms with Gasteiger partial charge in [0.15, 0.2) is 17.1 Å². The van der Waals surface area contributed by atoms with Crippen molar-refractivity contribution in [2.75, 3.05) is 13.2 Å². The van der Waals surface area contributed by atoms with Crippen LogP contribution < -0.4 is 14.8 Å². The smallest absolute Gasteiger partial charge is 0.252 e. The molecule has 6 rings (SSSR count). The number of pyridine rings is 2. The summed E-state index contributed by atoms with van der Waals surface area (Å²) in [5.74, 6) is 1.94. The number of benzene rings is 1. The van der Waals surface area contributed by atoms with Crippen molar-refractivity contribution in [1.29, 1.82) is 0 Å². The topological polar surface area (TPSA) is 104 Å². The molecule has 1 aliphatic heterocycles. The van der Waals surface area contributed by atoms with Gasteiger partial charge in [-0.2, -0.15) is 5.10 Å². The molecule has 0 aliphatic carbocycles. The van der Waals surface area contributed by atoms with E-state index in [0.29, 0.717) is 54.3 Å². The summed E-state index contributed by atoms with van der Waals surface area (Å²) in [6.45, 7) is 1.98. The Labute approximate surface area is 206 Å². The first-order valence-electron chi connectivity index (χ1n) is 11.7. The number of nitrogens with zero attached hydrogens (tertiary/aromatic N) is 4. The van der Waals surface area contributed by atoms with Gasteiger partial charge in [-0.05, 0) is 48.0 Å². The van der Waals surface area contributed by atoms with Crippen molar-refractivity contribution in [3.8, 4) is 22.8 Å². The van der Waals surface area contributed by atoms with E-state index >= 15 is 0 Å². The number of nitrogens with one attached hydrogen (secondary N) is 1. The van der Waals surface area contributed by atoms with E-state index in [9.17, 15) is 4.79 Å². The minimum Gasteiger partial charge on any atom is -0.490 e. The van der Waals surface area contributed by atoms with Gasteiger partial charge in [0, 0.05) is 30.9 Å². The van der Waals surface area contributed by atoms with Gasteiger partial charge in [-0.25, -0.2) is 9.67 Å². The van der Waals surface area contributed by atoms with Gasteiger partial charge in [-0.3, -0.25) is 9.78 Å². The zero-order valence-electron chi connectivity index (χ0n) is 19.4. The van der Waals surface area contributed by atoms with Gasteiger partial charge in [0.05, 0.1) is 42.3 Å². The molecule has 36 heavy (non-hydrogen) atoms. The molecule has 0 saturated carbocycles. The van der Waals surface area contributed by atoms with Crippen LogP contribution in [-0.2, 0) is 13.1 Å². The number of carbonyl (C=O) groups excluding carboxylic acids is 1. The minimum absolute atomic E-state index is 0.225. The fraction of sp³-hybridized carbons (Fsp3) is 0.185. The van der Waals surface area contributed by atoms with Crippen LogP contribution in [0.25, 0.3) is 22.3 Å². The lowest BCUT2D eigenvalue weighted by atomic mass is 10.1. The number of rotatable bonds is 6. The lowest BCUT2D eigenvalue weighted by Gasteiger charge is -2.11. The first kappa shape index (κ1) is 21.8. The Kier molecular flexibility index (Phi) is 5.79. The van der Waals surface area contributed by atoms with Crippen LogP contribution in [0.5, 0.6) is 11.5 Å². The van der Waals surface area contributed by atoms with E-state index in [1.807, 2.05) is 42.5 Å². The Balaban J connectivity index is 1.32. The van der Waals surface area contributed by atoms with Crippen molar-refractivity contribution in [1.82, 2.24) is 25.1 Å². The maximum Gasteiger partial charge on any atom is 0.252 e. The fourth-order valence-corrected chi connectivity index (χ4v) is 4.16. The molecule has 9 nitrogen and oxygen atoms in total. The minimum atomic E-state index is -0.225. The molecular formula is C27H23N5O4. The molecule has 0 radical (unpaired) electrons. The lowest BCUT2D eigenvalue weighted by Crippen LogP contribution is -2.23. The highest BCUT2D eigenvalue weighted by Crippen LogP contribution is 2.30. The first-order valence-corrected chi connectivity index (χ1v) is 11.7. The van der Waals surface area contributed by atoms with Crippen LogP contribution in [0.2, 0.25) is 0 Å². The van der Waals surface area contributed by atoms with E-state index in [1.165, 1.54) is 0 Å². The molecule has 180 valence electrons. The Morgan fingerprint density at radius 1 is 1.03 bits per heavy atom. The summed E-state index contributed by atoms with van der Waals surface area (Å²) in [5.41, 5.74) is 3.44. The second-order valence-corrected chi connectivity index (χ2v) is 8.43. The molecule has 0 atom stereocenters. The fourth-order valence-electron chi connectivity index (χ4n) is 4.16. The van der Waals surface area contributed by atoms with Gasteiger partial charge in [0.25, 0.3) is 5.91 Å². The van der Waals surface area contributed by atoms with Crippen LogP contribution in [0.4, 0.5) is 0 Å². The van der Waals surface area contributed by atoms with Crippen molar-refractivity contribution in [2.45, 2.75) is 19.5 Å². The molecule has 5 aromatic rings. The number of hydrogen-bond acceptors (Lipinski definition) is 7. The number of ether oxygens (including phenoxy) is 2. The number of hydrogen-bond donors (Lipinski definition) is 1. The van der Waals surface area contributed by atoms with Crippen LogP contribution in [0.3, 0.4) is 0 Å². The van der Waals surface area contributed by atoms with Crippen molar-refractivity contribution >= 4 is 16.9 Å². The van der Waals surface area contributed by atoms with Gasteiger partial charge >= 0.3 is 0 Å². The zero-order chi connectivity index (χ0) is 24.3. The number of amides is 1. The van der Waals surface area contributed by atoms with Crippen molar-refractivity contribution in [3.63, 3.8) is 0 Å². The summed E-state index contributed by atoms with van der Waals surface area (Å²) in [5, 5.41) is 8.18. The van der Waals surface area contributed by atoms with Gasteiger partial charge in [-0.1, -0.05) is 6.07 Å². The molecule has 1 aromatic carbocycles. The summed E-state index contributed by atoms with van der Waals surface area (Å²) in [6.07, 6.45) is 7.55. The molecule has 4 aromatic heterocycles. The molecule has 1 N–H and O–H groups in total. The van der Waals surface area contributed by atoms with Crippen LogP contribution >= 0.6 is 0 Å². The molecule has 0 bridgehead atoms. The summed E-state index contributed by atoms with van der Waals surface area (Å²) in [7, 11) is 0. The highest BCUT2D eigenvalue weighted by Gasteiger charge is 2.19. The maximum atomic E-state index is 13.4. The monoisotopic (exact) mass is 481 g/mol. The maximum absolute atomic E-state index is 13.4. The molecule has 5 heterocycles.